The first-order chi connectivity index (χ1) is 9.19. The Hall–Kier alpha value is -1.62. The molecule has 0 aromatic heterocycles. The first-order valence-corrected chi connectivity index (χ1v) is 6.82. The monoisotopic (exact) mass is 280 g/mol. The second kappa shape index (κ2) is 6.70. The van der Waals surface area contributed by atoms with Crippen LogP contribution in [-0.2, 0) is 0 Å². The molecule has 1 N–H and O–H groups in total. The molecule has 5 heteroatoms. The van der Waals surface area contributed by atoms with E-state index in [9.17, 15) is 10.1 Å². The fourth-order valence-electron chi connectivity index (χ4n) is 1.63. The molecule has 0 saturated heterocycles. The van der Waals surface area contributed by atoms with E-state index in [2.05, 4.69) is 33.0 Å². The summed E-state index contributed by atoms with van der Waals surface area (Å²) in [5.41, 5.74) is 1.05. The minimum Gasteiger partial charge on any atom is -0.493 e. The van der Waals surface area contributed by atoms with Crippen LogP contribution in [0.5, 0.6) is 5.75 Å². The van der Waals surface area contributed by atoms with Gasteiger partial charge in [0.15, 0.2) is 0 Å². The Balaban J connectivity index is 2.56. The van der Waals surface area contributed by atoms with Gasteiger partial charge in [0, 0.05) is 24.1 Å². The van der Waals surface area contributed by atoms with E-state index in [0.717, 1.165) is 12.1 Å². The lowest BCUT2D eigenvalue weighted by atomic mass is 10.1. The van der Waals surface area contributed by atoms with Gasteiger partial charge < -0.3 is 10.1 Å². The number of aryl methyl sites for hydroxylation is 1. The second-order valence-corrected chi connectivity index (χ2v) is 6.25. The largest absolute Gasteiger partial charge is 0.493 e. The lowest BCUT2D eigenvalue weighted by Crippen LogP contribution is -2.39. The van der Waals surface area contributed by atoms with E-state index in [0.29, 0.717) is 18.3 Å². The first kappa shape index (κ1) is 16.4. The summed E-state index contributed by atoms with van der Waals surface area (Å²) in [6, 6.07) is 4.69. The van der Waals surface area contributed by atoms with Crippen molar-refractivity contribution >= 4 is 5.69 Å². The lowest BCUT2D eigenvalue weighted by Gasteiger charge is -2.23. The third kappa shape index (κ3) is 5.57. The average Bonchev–Trinajstić information content (AvgIpc) is 2.34. The third-order valence-electron chi connectivity index (χ3n) is 2.89. The summed E-state index contributed by atoms with van der Waals surface area (Å²) in [6.45, 7) is 11.7. The van der Waals surface area contributed by atoms with Crippen LogP contribution in [0.15, 0.2) is 18.2 Å². The number of non-ortho nitro benzene ring substituents is 1. The van der Waals surface area contributed by atoms with E-state index in [1.165, 1.54) is 12.1 Å². The number of hydrogen-bond donors (Lipinski definition) is 1. The molecule has 0 aliphatic rings. The summed E-state index contributed by atoms with van der Waals surface area (Å²) in [4.78, 5) is 10.3. The van der Waals surface area contributed by atoms with Crippen LogP contribution in [0, 0.1) is 23.0 Å². The molecule has 0 heterocycles. The molecule has 1 aromatic carbocycles. The van der Waals surface area contributed by atoms with Gasteiger partial charge in [0.2, 0.25) is 0 Å². The summed E-state index contributed by atoms with van der Waals surface area (Å²) in [5, 5.41) is 14.2. The van der Waals surface area contributed by atoms with Crippen molar-refractivity contribution in [2.45, 2.75) is 40.2 Å². The SMILES string of the molecule is Cc1ccc([N+](=O)[O-])cc1OCC(C)CNC(C)(C)C. The predicted octanol–water partition coefficient (Wildman–Crippen LogP) is 3.31. The molecule has 1 rings (SSSR count). The van der Waals surface area contributed by atoms with Gasteiger partial charge in [-0.3, -0.25) is 10.1 Å². The first-order valence-electron chi connectivity index (χ1n) is 6.82. The third-order valence-corrected chi connectivity index (χ3v) is 2.89. The van der Waals surface area contributed by atoms with E-state index >= 15 is 0 Å². The van der Waals surface area contributed by atoms with Crippen molar-refractivity contribution in [1.82, 2.24) is 5.32 Å². The maximum Gasteiger partial charge on any atom is 0.273 e. The van der Waals surface area contributed by atoms with Crippen molar-refractivity contribution < 1.29 is 9.66 Å². The summed E-state index contributed by atoms with van der Waals surface area (Å²) in [6.07, 6.45) is 0. The van der Waals surface area contributed by atoms with Gasteiger partial charge in [-0.15, -0.1) is 0 Å². The number of rotatable bonds is 6. The lowest BCUT2D eigenvalue weighted by molar-refractivity contribution is -0.385. The van der Waals surface area contributed by atoms with E-state index in [1.54, 1.807) is 6.07 Å². The minimum absolute atomic E-state index is 0.0612. The van der Waals surface area contributed by atoms with Crippen LogP contribution in [0.3, 0.4) is 0 Å². The molecule has 0 aliphatic carbocycles. The van der Waals surface area contributed by atoms with Gasteiger partial charge in [-0.2, -0.15) is 0 Å². The number of nitro benzene ring substituents is 1. The molecule has 0 bridgehead atoms. The average molecular weight is 280 g/mol. The highest BCUT2D eigenvalue weighted by Gasteiger charge is 2.13. The molecule has 0 fully saturated rings. The van der Waals surface area contributed by atoms with Gasteiger partial charge in [0.25, 0.3) is 5.69 Å². The minimum atomic E-state index is -0.406. The van der Waals surface area contributed by atoms with Crippen molar-refractivity contribution in [2.75, 3.05) is 13.2 Å². The molecule has 5 nitrogen and oxygen atoms in total. The van der Waals surface area contributed by atoms with E-state index in [-0.39, 0.29) is 11.2 Å². The molecule has 1 aromatic rings. The van der Waals surface area contributed by atoms with Gasteiger partial charge in [-0.25, -0.2) is 0 Å². The summed E-state index contributed by atoms with van der Waals surface area (Å²) in [5.74, 6) is 0.912. The molecular formula is C15H24N2O3. The quantitative estimate of drug-likeness (QED) is 0.641. The summed E-state index contributed by atoms with van der Waals surface area (Å²) >= 11 is 0. The van der Waals surface area contributed by atoms with Crippen molar-refractivity contribution in [3.63, 3.8) is 0 Å². The number of nitrogens with one attached hydrogen (secondary N) is 1. The Bertz CT molecular complexity index is 467. The zero-order valence-corrected chi connectivity index (χ0v) is 12.9. The van der Waals surface area contributed by atoms with Crippen LogP contribution in [0.25, 0.3) is 0 Å². The Kier molecular flexibility index (Phi) is 5.51. The highest BCUT2D eigenvalue weighted by atomic mass is 16.6. The van der Waals surface area contributed by atoms with Gasteiger partial charge in [0.1, 0.15) is 5.75 Å². The fourth-order valence-corrected chi connectivity index (χ4v) is 1.63. The number of hydrogen-bond acceptors (Lipinski definition) is 4. The van der Waals surface area contributed by atoms with Crippen LogP contribution in [0.2, 0.25) is 0 Å². The summed E-state index contributed by atoms with van der Waals surface area (Å²) in [7, 11) is 0. The van der Waals surface area contributed by atoms with Gasteiger partial charge in [-0.05, 0) is 39.3 Å². The van der Waals surface area contributed by atoms with Gasteiger partial charge >= 0.3 is 0 Å². The van der Waals surface area contributed by atoms with Crippen molar-refractivity contribution in [2.24, 2.45) is 5.92 Å². The van der Waals surface area contributed by atoms with Crippen LogP contribution in [0.1, 0.15) is 33.3 Å². The van der Waals surface area contributed by atoms with Crippen LogP contribution >= 0.6 is 0 Å². The van der Waals surface area contributed by atoms with Crippen LogP contribution in [0.4, 0.5) is 5.69 Å². The molecule has 1 unspecified atom stereocenters. The number of ether oxygens (including phenoxy) is 1. The number of nitrogens with zero attached hydrogens (tertiary/aromatic N) is 1. The van der Waals surface area contributed by atoms with Gasteiger partial charge in [0.05, 0.1) is 17.6 Å². The van der Waals surface area contributed by atoms with E-state index < -0.39 is 4.92 Å². The topological polar surface area (TPSA) is 64.4 Å². The maximum absolute atomic E-state index is 10.8. The molecule has 112 valence electrons. The Labute approximate surface area is 120 Å². The normalized spacial score (nSPS) is 13.1. The van der Waals surface area contributed by atoms with Crippen molar-refractivity contribution in [1.29, 1.82) is 0 Å². The van der Waals surface area contributed by atoms with E-state index in [1.807, 2.05) is 6.92 Å². The fraction of sp³-hybridized carbons (Fsp3) is 0.600. The molecular weight excluding hydrogens is 256 g/mol. The molecule has 20 heavy (non-hydrogen) atoms. The predicted molar refractivity (Wildman–Crippen MR) is 80.2 cm³/mol. The smallest absolute Gasteiger partial charge is 0.273 e. The van der Waals surface area contributed by atoms with Crippen LogP contribution in [-0.4, -0.2) is 23.6 Å². The highest BCUT2D eigenvalue weighted by Crippen LogP contribution is 2.24. The number of nitro groups is 1. The Morgan fingerprint density at radius 2 is 2.05 bits per heavy atom. The molecule has 1 atom stereocenters. The zero-order chi connectivity index (χ0) is 15.3. The molecule has 0 saturated carbocycles. The molecule has 0 spiro atoms. The maximum atomic E-state index is 10.8. The number of benzene rings is 1. The van der Waals surface area contributed by atoms with Crippen molar-refractivity contribution in [3.05, 3.63) is 33.9 Å². The van der Waals surface area contributed by atoms with Gasteiger partial charge in [-0.1, -0.05) is 6.92 Å². The van der Waals surface area contributed by atoms with Crippen LogP contribution < -0.4 is 10.1 Å². The van der Waals surface area contributed by atoms with Crippen molar-refractivity contribution in [3.8, 4) is 5.75 Å². The Morgan fingerprint density at radius 3 is 2.60 bits per heavy atom. The second-order valence-electron chi connectivity index (χ2n) is 6.25. The molecule has 0 aliphatic heterocycles. The molecule has 0 radical (unpaired) electrons. The summed E-state index contributed by atoms with van der Waals surface area (Å²) < 4.78 is 5.71. The standard InChI is InChI=1S/C15H24N2O3/c1-11(9-16-15(3,4)5)10-20-14-8-13(17(18)19)7-6-12(14)2/h6-8,11,16H,9-10H2,1-5H3. The van der Waals surface area contributed by atoms with E-state index in [4.69, 9.17) is 4.74 Å². The Morgan fingerprint density at radius 1 is 1.40 bits per heavy atom. The zero-order valence-electron chi connectivity index (χ0n) is 12.9. The highest BCUT2D eigenvalue weighted by molar-refractivity contribution is 5.43. The molecule has 0 amide bonds.